The third kappa shape index (κ3) is 5.29. The Hall–Kier alpha value is -1.44. The average Bonchev–Trinajstić information content (AvgIpc) is 2.48. The third-order valence-corrected chi connectivity index (χ3v) is 5.17. The summed E-state index contributed by atoms with van der Waals surface area (Å²) in [5.41, 5.74) is 0.715. The Morgan fingerprint density at radius 2 is 2.12 bits per heavy atom. The van der Waals surface area contributed by atoms with Crippen LogP contribution in [0.1, 0.15) is 24.0 Å². The summed E-state index contributed by atoms with van der Waals surface area (Å²) in [5.74, 6) is -0.299. The second-order valence-corrected chi connectivity index (χ2v) is 8.92. The molecule has 1 aliphatic rings. The minimum absolute atomic E-state index is 0.00965. The fourth-order valence-electron chi connectivity index (χ4n) is 2.96. The molecule has 0 spiro atoms. The molecule has 7 heteroatoms. The lowest BCUT2D eigenvalue weighted by atomic mass is 9.91. The number of hydrogen-bond acceptors (Lipinski definition) is 5. The minimum Gasteiger partial charge on any atom is -0.379 e. The topological polar surface area (TPSA) is 86.7 Å². The van der Waals surface area contributed by atoms with Crippen LogP contribution < -0.4 is 5.32 Å². The van der Waals surface area contributed by atoms with E-state index < -0.39 is 15.4 Å². The van der Waals surface area contributed by atoms with Crippen LogP contribution in [0.15, 0.2) is 24.3 Å². The van der Waals surface area contributed by atoms with E-state index >= 15 is 0 Å². The monoisotopic (exact) mass is 354 g/mol. The lowest BCUT2D eigenvalue weighted by Gasteiger charge is -2.38. The smallest absolute Gasteiger partial charge is 0.256 e. The molecular formula is C17H26N2O4S. The molecule has 0 aliphatic carbocycles. The van der Waals surface area contributed by atoms with Gasteiger partial charge in [-0.05, 0) is 25.3 Å². The van der Waals surface area contributed by atoms with E-state index in [-0.39, 0.29) is 24.7 Å². The fourth-order valence-corrected chi connectivity index (χ4v) is 3.48. The van der Waals surface area contributed by atoms with Crippen molar-refractivity contribution in [3.8, 4) is 0 Å². The highest BCUT2D eigenvalue weighted by Gasteiger charge is 2.41. The summed E-state index contributed by atoms with van der Waals surface area (Å²) < 4.78 is 22.3. The van der Waals surface area contributed by atoms with E-state index in [9.17, 15) is 18.3 Å². The first-order valence-corrected chi connectivity index (χ1v) is 10.2. The Bertz CT molecular complexity index is 690. The molecule has 2 N–H and O–H groups in total. The summed E-state index contributed by atoms with van der Waals surface area (Å²) in [5, 5.41) is 13.6. The quantitative estimate of drug-likeness (QED) is 0.696. The number of hydrogen-bond donors (Lipinski definition) is 2. The molecule has 1 amide bonds. The van der Waals surface area contributed by atoms with Crippen molar-refractivity contribution in [2.75, 3.05) is 31.6 Å². The van der Waals surface area contributed by atoms with Gasteiger partial charge in [0.25, 0.3) is 5.91 Å². The lowest BCUT2D eigenvalue weighted by Crippen LogP contribution is -2.58. The zero-order valence-electron chi connectivity index (χ0n) is 14.3. The highest BCUT2D eigenvalue weighted by molar-refractivity contribution is 7.90. The van der Waals surface area contributed by atoms with Crippen molar-refractivity contribution in [3.05, 3.63) is 35.4 Å². The number of amides is 1. The molecule has 1 heterocycles. The van der Waals surface area contributed by atoms with Crippen LogP contribution in [0.4, 0.5) is 0 Å². The molecule has 1 saturated heterocycles. The van der Waals surface area contributed by atoms with E-state index in [0.29, 0.717) is 19.5 Å². The zero-order chi connectivity index (χ0) is 17.8. The van der Waals surface area contributed by atoms with Gasteiger partial charge in [-0.15, -0.1) is 0 Å². The molecule has 1 fully saturated rings. The van der Waals surface area contributed by atoms with Gasteiger partial charge in [-0.3, -0.25) is 4.79 Å². The molecule has 1 aromatic carbocycles. The number of likely N-dealkylation sites (tertiary alicyclic amines) is 1. The summed E-state index contributed by atoms with van der Waals surface area (Å²) in [6.07, 6.45) is 2.28. The van der Waals surface area contributed by atoms with Crippen molar-refractivity contribution in [3.63, 3.8) is 0 Å². The Labute approximate surface area is 143 Å². The molecule has 0 radical (unpaired) electrons. The predicted octanol–water partition coefficient (Wildman–Crippen LogP) is 0.483. The molecule has 0 aromatic heterocycles. The number of nitrogens with zero attached hydrogens (tertiary/aromatic N) is 1. The fraction of sp³-hybridized carbons (Fsp3) is 0.588. The van der Waals surface area contributed by atoms with E-state index in [1.807, 2.05) is 31.2 Å². The summed E-state index contributed by atoms with van der Waals surface area (Å²) in [7, 11) is -3.06. The van der Waals surface area contributed by atoms with Crippen LogP contribution in [0.5, 0.6) is 0 Å². The maximum Gasteiger partial charge on any atom is 0.256 e. The van der Waals surface area contributed by atoms with E-state index in [1.165, 1.54) is 6.26 Å². The third-order valence-electron chi connectivity index (χ3n) is 4.23. The van der Waals surface area contributed by atoms with Crippen LogP contribution in [0.3, 0.4) is 0 Å². The largest absolute Gasteiger partial charge is 0.379 e. The molecule has 134 valence electrons. The standard InChI is InChI=1S/C17H26N2O4S/c1-14-5-3-6-15(11-14)12-19-9-4-7-17(21,16(19)20)13-18-8-10-24(2,22)23/h3,5-6,11,18,21H,4,7-10,12-13H2,1-2H3/t17-/m1/s1. The summed E-state index contributed by atoms with van der Waals surface area (Å²) >= 11 is 0. The molecule has 1 aromatic rings. The van der Waals surface area contributed by atoms with Crippen LogP contribution in [-0.4, -0.2) is 61.6 Å². The van der Waals surface area contributed by atoms with Crippen LogP contribution in [0.2, 0.25) is 0 Å². The summed E-state index contributed by atoms with van der Waals surface area (Å²) in [4.78, 5) is 14.3. The van der Waals surface area contributed by atoms with Gasteiger partial charge in [-0.2, -0.15) is 0 Å². The van der Waals surface area contributed by atoms with E-state index in [1.54, 1.807) is 4.90 Å². The van der Waals surface area contributed by atoms with Crippen molar-refractivity contribution >= 4 is 15.7 Å². The maximum absolute atomic E-state index is 12.6. The van der Waals surface area contributed by atoms with Gasteiger partial charge >= 0.3 is 0 Å². The van der Waals surface area contributed by atoms with Crippen molar-refractivity contribution < 1.29 is 18.3 Å². The Kier molecular flexibility index (Phi) is 6.01. The number of benzene rings is 1. The molecule has 2 rings (SSSR count). The van der Waals surface area contributed by atoms with Gasteiger partial charge in [0.05, 0.1) is 5.75 Å². The number of sulfone groups is 1. The van der Waals surface area contributed by atoms with Gasteiger partial charge in [-0.25, -0.2) is 8.42 Å². The first-order chi connectivity index (χ1) is 11.2. The molecule has 6 nitrogen and oxygen atoms in total. The number of aliphatic hydroxyl groups is 1. The van der Waals surface area contributed by atoms with E-state index in [4.69, 9.17) is 0 Å². The SMILES string of the molecule is Cc1cccc(CN2CCC[C@@](O)(CNCCS(C)(=O)=O)C2=O)c1. The molecule has 0 bridgehead atoms. The number of rotatable bonds is 7. The Morgan fingerprint density at radius 1 is 1.38 bits per heavy atom. The Morgan fingerprint density at radius 3 is 2.79 bits per heavy atom. The van der Waals surface area contributed by atoms with Gasteiger partial charge in [0, 0.05) is 32.4 Å². The van der Waals surface area contributed by atoms with Crippen molar-refractivity contribution in [1.82, 2.24) is 10.2 Å². The highest BCUT2D eigenvalue weighted by Crippen LogP contribution is 2.24. The first kappa shape index (κ1) is 18.9. The van der Waals surface area contributed by atoms with E-state index in [0.717, 1.165) is 17.5 Å². The van der Waals surface area contributed by atoms with Gasteiger partial charge in [0.2, 0.25) is 0 Å². The number of piperidine rings is 1. The lowest BCUT2D eigenvalue weighted by molar-refractivity contribution is -0.157. The molecule has 0 unspecified atom stereocenters. The van der Waals surface area contributed by atoms with Crippen molar-refractivity contribution in [2.24, 2.45) is 0 Å². The van der Waals surface area contributed by atoms with Gasteiger partial charge < -0.3 is 15.3 Å². The van der Waals surface area contributed by atoms with Crippen LogP contribution in [-0.2, 0) is 21.2 Å². The van der Waals surface area contributed by atoms with Crippen molar-refractivity contribution in [2.45, 2.75) is 31.9 Å². The van der Waals surface area contributed by atoms with Gasteiger partial charge in [-0.1, -0.05) is 29.8 Å². The van der Waals surface area contributed by atoms with Crippen LogP contribution in [0.25, 0.3) is 0 Å². The molecule has 1 aliphatic heterocycles. The van der Waals surface area contributed by atoms with E-state index in [2.05, 4.69) is 5.32 Å². The van der Waals surface area contributed by atoms with Gasteiger partial charge in [0.15, 0.2) is 5.60 Å². The second kappa shape index (κ2) is 7.63. The second-order valence-electron chi connectivity index (χ2n) is 6.66. The van der Waals surface area contributed by atoms with Gasteiger partial charge in [0.1, 0.15) is 9.84 Å². The van der Waals surface area contributed by atoms with Crippen molar-refractivity contribution in [1.29, 1.82) is 0 Å². The number of aryl methyl sites for hydroxylation is 1. The Balaban J connectivity index is 1.95. The number of carbonyl (C=O) groups excluding carboxylic acids is 1. The summed E-state index contributed by atoms with van der Waals surface area (Å²) in [6.45, 7) is 3.41. The summed E-state index contributed by atoms with van der Waals surface area (Å²) in [6, 6.07) is 7.96. The molecule has 1 atom stereocenters. The normalized spacial score (nSPS) is 22.0. The average molecular weight is 354 g/mol. The molecule has 24 heavy (non-hydrogen) atoms. The maximum atomic E-state index is 12.6. The molecule has 0 saturated carbocycles. The number of carbonyl (C=O) groups is 1. The predicted molar refractivity (Wildman–Crippen MR) is 93.4 cm³/mol. The van der Waals surface area contributed by atoms with Crippen LogP contribution in [0, 0.1) is 6.92 Å². The zero-order valence-corrected chi connectivity index (χ0v) is 15.1. The molecular weight excluding hydrogens is 328 g/mol. The number of nitrogens with one attached hydrogen (secondary N) is 1. The highest BCUT2D eigenvalue weighted by atomic mass is 32.2. The first-order valence-electron chi connectivity index (χ1n) is 8.15. The minimum atomic E-state index is -3.06. The van der Waals surface area contributed by atoms with Crippen LogP contribution >= 0.6 is 0 Å².